The van der Waals surface area contributed by atoms with Crippen LogP contribution < -0.4 is 14.2 Å². The number of hydrogen-bond acceptors (Lipinski definition) is 6. The monoisotopic (exact) mass is 310 g/mol. The van der Waals surface area contributed by atoms with Gasteiger partial charge in [-0.3, -0.25) is 0 Å². The van der Waals surface area contributed by atoms with Crippen LogP contribution in [0.25, 0.3) is 11.4 Å². The minimum absolute atomic E-state index is 0.274. The van der Waals surface area contributed by atoms with Crippen molar-refractivity contribution in [2.24, 2.45) is 0 Å². The molecule has 4 rings (SSSR count). The Balaban J connectivity index is 1.43. The number of aryl methyl sites for hydroxylation is 1. The normalized spacial score (nSPS) is 12.4. The third kappa shape index (κ3) is 2.83. The van der Waals surface area contributed by atoms with Gasteiger partial charge in [0.15, 0.2) is 11.5 Å². The Morgan fingerprint density at radius 1 is 1.04 bits per heavy atom. The van der Waals surface area contributed by atoms with E-state index in [1.54, 1.807) is 6.92 Å². The molecule has 2 aromatic carbocycles. The molecule has 0 spiro atoms. The minimum atomic E-state index is 0.274. The summed E-state index contributed by atoms with van der Waals surface area (Å²) in [6.07, 6.45) is 0. The molecule has 0 radical (unpaired) electrons. The van der Waals surface area contributed by atoms with Gasteiger partial charge in [0, 0.05) is 12.5 Å². The van der Waals surface area contributed by atoms with E-state index in [9.17, 15) is 0 Å². The smallest absolute Gasteiger partial charge is 0.231 e. The summed E-state index contributed by atoms with van der Waals surface area (Å²) in [7, 11) is 0. The Hall–Kier alpha value is -3.02. The van der Waals surface area contributed by atoms with E-state index >= 15 is 0 Å². The van der Waals surface area contributed by atoms with Crippen LogP contribution in [0.2, 0.25) is 0 Å². The van der Waals surface area contributed by atoms with Crippen LogP contribution in [-0.4, -0.2) is 16.9 Å². The van der Waals surface area contributed by atoms with Crippen molar-refractivity contribution in [2.75, 3.05) is 6.79 Å². The van der Waals surface area contributed by atoms with Gasteiger partial charge in [0.2, 0.25) is 18.5 Å². The molecule has 1 aromatic heterocycles. The fourth-order valence-electron chi connectivity index (χ4n) is 2.31. The van der Waals surface area contributed by atoms with Crippen molar-refractivity contribution in [3.63, 3.8) is 0 Å². The lowest BCUT2D eigenvalue weighted by molar-refractivity contribution is 0.174. The lowest BCUT2D eigenvalue weighted by Gasteiger charge is -2.07. The molecular formula is C17H14N2O4. The quantitative estimate of drug-likeness (QED) is 0.736. The molecule has 6 nitrogen and oxygen atoms in total. The molecule has 0 unspecified atom stereocenters. The van der Waals surface area contributed by atoms with Crippen LogP contribution in [-0.2, 0) is 6.61 Å². The molecule has 0 fully saturated rings. The first kappa shape index (κ1) is 13.6. The summed E-state index contributed by atoms with van der Waals surface area (Å²) in [5.41, 5.74) is 1.91. The first-order chi connectivity index (χ1) is 11.3. The second-order valence-electron chi connectivity index (χ2n) is 5.14. The molecule has 1 aliphatic heterocycles. The van der Waals surface area contributed by atoms with E-state index in [2.05, 4.69) is 10.1 Å². The van der Waals surface area contributed by atoms with Gasteiger partial charge in [-0.1, -0.05) is 11.2 Å². The molecule has 23 heavy (non-hydrogen) atoms. The van der Waals surface area contributed by atoms with E-state index in [0.29, 0.717) is 18.3 Å². The second-order valence-corrected chi connectivity index (χ2v) is 5.14. The number of benzene rings is 2. The van der Waals surface area contributed by atoms with Gasteiger partial charge >= 0.3 is 0 Å². The number of hydrogen-bond donors (Lipinski definition) is 0. The van der Waals surface area contributed by atoms with E-state index in [1.807, 2.05) is 42.5 Å². The summed E-state index contributed by atoms with van der Waals surface area (Å²) in [5.74, 6) is 3.42. The molecule has 0 saturated carbocycles. The zero-order chi connectivity index (χ0) is 15.6. The molecule has 0 atom stereocenters. The molecule has 0 amide bonds. The first-order valence-electron chi connectivity index (χ1n) is 7.20. The van der Waals surface area contributed by atoms with Crippen molar-refractivity contribution in [3.05, 3.63) is 53.9 Å². The van der Waals surface area contributed by atoms with Gasteiger partial charge < -0.3 is 18.7 Å². The maximum Gasteiger partial charge on any atom is 0.231 e. The summed E-state index contributed by atoms with van der Waals surface area (Å²) in [6, 6.07) is 13.4. The number of nitrogens with zero attached hydrogens (tertiary/aromatic N) is 2. The average Bonchev–Trinajstić information content (AvgIpc) is 3.21. The van der Waals surface area contributed by atoms with E-state index in [4.69, 9.17) is 18.7 Å². The molecule has 2 heterocycles. The Labute approximate surface area is 132 Å². The van der Waals surface area contributed by atoms with Crippen LogP contribution >= 0.6 is 0 Å². The highest BCUT2D eigenvalue weighted by atomic mass is 16.7. The Bertz CT molecular complexity index is 827. The maximum absolute atomic E-state index is 5.79. The molecule has 0 bridgehead atoms. The van der Waals surface area contributed by atoms with Gasteiger partial charge in [0.05, 0.1) is 0 Å². The van der Waals surface area contributed by atoms with E-state index in [-0.39, 0.29) is 6.79 Å². The SMILES string of the molecule is Cc1nc(-c2ccc(OCc3ccc4c(c3)OCO4)cc2)no1. The van der Waals surface area contributed by atoms with E-state index < -0.39 is 0 Å². The minimum Gasteiger partial charge on any atom is -0.489 e. The van der Waals surface area contributed by atoms with Gasteiger partial charge in [0.25, 0.3) is 0 Å². The highest BCUT2D eigenvalue weighted by Gasteiger charge is 2.13. The Morgan fingerprint density at radius 3 is 2.65 bits per heavy atom. The van der Waals surface area contributed by atoms with Crippen molar-refractivity contribution >= 4 is 0 Å². The van der Waals surface area contributed by atoms with Crippen molar-refractivity contribution in [2.45, 2.75) is 13.5 Å². The molecule has 0 N–H and O–H groups in total. The zero-order valence-corrected chi connectivity index (χ0v) is 12.5. The number of fused-ring (bicyclic) bond motifs is 1. The summed E-state index contributed by atoms with van der Waals surface area (Å²) >= 11 is 0. The predicted octanol–water partition coefficient (Wildman–Crippen LogP) is 3.35. The Kier molecular flexibility index (Phi) is 3.34. The second kappa shape index (κ2) is 5.64. The van der Waals surface area contributed by atoms with E-state index in [1.165, 1.54) is 0 Å². The largest absolute Gasteiger partial charge is 0.489 e. The topological polar surface area (TPSA) is 66.6 Å². The van der Waals surface area contributed by atoms with Crippen LogP contribution in [0.1, 0.15) is 11.5 Å². The summed E-state index contributed by atoms with van der Waals surface area (Å²) < 4.78 is 21.4. The molecule has 6 heteroatoms. The highest BCUT2D eigenvalue weighted by Crippen LogP contribution is 2.32. The number of ether oxygens (including phenoxy) is 3. The van der Waals surface area contributed by atoms with Crippen molar-refractivity contribution in [3.8, 4) is 28.6 Å². The third-order valence-electron chi connectivity index (χ3n) is 3.48. The summed E-state index contributed by atoms with van der Waals surface area (Å²) in [6.45, 7) is 2.49. The molecular weight excluding hydrogens is 296 g/mol. The maximum atomic E-state index is 5.79. The van der Waals surface area contributed by atoms with Gasteiger partial charge in [-0.15, -0.1) is 0 Å². The molecule has 1 aliphatic rings. The number of aromatic nitrogens is 2. The van der Waals surface area contributed by atoms with Crippen LogP contribution in [0.4, 0.5) is 0 Å². The highest BCUT2D eigenvalue weighted by molar-refractivity contribution is 5.55. The van der Waals surface area contributed by atoms with Crippen molar-refractivity contribution < 1.29 is 18.7 Å². The Morgan fingerprint density at radius 2 is 1.87 bits per heavy atom. The lowest BCUT2D eigenvalue weighted by Crippen LogP contribution is -1.95. The molecule has 116 valence electrons. The molecule has 0 aliphatic carbocycles. The molecule has 0 saturated heterocycles. The van der Waals surface area contributed by atoms with E-state index in [0.717, 1.165) is 28.4 Å². The first-order valence-corrected chi connectivity index (χ1v) is 7.20. The van der Waals surface area contributed by atoms with Crippen molar-refractivity contribution in [1.82, 2.24) is 10.1 Å². The van der Waals surface area contributed by atoms with Crippen LogP contribution in [0, 0.1) is 6.92 Å². The van der Waals surface area contributed by atoms with Gasteiger partial charge in [-0.05, 0) is 42.0 Å². The van der Waals surface area contributed by atoms with Crippen molar-refractivity contribution in [1.29, 1.82) is 0 Å². The predicted molar refractivity (Wildman–Crippen MR) is 81.4 cm³/mol. The summed E-state index contributed by atoms with van der Waals surface area (Å²) in [4.78, 5) is 4.19. The third-order valence-corrected chi connectivity index (χ3v) is 3.48. The fraction of sp³-hybridized carbons (Fsp3) is 0.176. The average molecular weight is 310 g/mol. The summed E-state index contributed by atoms with van der Waals surface area (Å²) in [5, 5.41) is 3.89. The van der Waals surface area contributed by atoms with Gasteiger partial charge in [-0.2, -0.15) is 4.98 Å². The molecule has 3 aromatic rings. The van der Waals surface area contributed by atoms with Crippen LogP contribution in [0.15, 0.2) is 47.0 Å². The van der Waals surface area contributed by atoms with Gasteiger partial charge in [0.1, 0.15) is 12.4 Å². The van der Waals surface area contributed by atoms with Gasteiger partial charge in [-0.25, -0.2) is 0 Å². The zero-order valence-electron chi connectivity index (χ0n) is 12.5. The van der Waals surface area contributed by atoms with Crippen LogP contribution in [0.5, 0.6) is 17.2 Å². The lowest BCUT2D eigenvalue weighted by atomic mass is 10.2. The number of rotatable bonds is 4. The fourth-order valence-corrected chi connectivity index (χ4v) is 2.31. The standard InChI is InChI=1S/C17H14N2O4/c1-11-18-17(19-23-11)13-3-5-14(6-4-13)20-9-12-2-7-15-16(8-12)22-10-21-15/h2-8H,9-10H2,1H3. The van der Waals surface area contributed by atoms with Crippen LogP contribution in [0.3, 0.4) is 0 Å².